The van der Waals surface area contributed by atoms with Crippen molar-refractivity contribution in [2.75, 3.05) is 71.5 Å². The van der Waals surface area contributed by atoms with E-state index in [1.165, 1.54) is 10.6 Å². The Morgan fingerprint density at radius 2 is 1.80 bits per heavy atom. The lowest BCUT2D eigenvalue weighted by Gasteiger charge is -2.42. The molecule has 0 bridgehead atoms. The van der Waals surface area contributed by atoms with Gasteiger partial charge in [-0.05, 0) is 43.5 Å². The highest BCUT2D eigenvalue weighted by molar-refractivity contribution is 5.99. The molecule has 192 valence electrons. The Bertz CT molecular complexity index is 887. The SMILES string of the molecule is COCCN1C(=O)NC2CC(C(=O)NCCN3CCN(c4ccc(OC)cc4)CC3)CCC2C1=O. The standard InChI is InChI=1S/C25H37N5O5/c1-34-16-15-30-24(32)21-8-3-18(17-22(21)27-25(30)33)23(31)26-9-10-28-11-13-29(14-12-28)19-4-6-20(35-2)7-5-19/h4-7,18,21-22H,3,8-17H2,1-2H3,(H,26,31)(H,27,33). The van der Waals surface area contributed by atoms with Crippen molar-refractivity contribution < 1.29 is 23.9 Å². The van der Waals surface area contributed by atoms with Gasteiger partial charge >= 0.3 is 6.03 Å². The highest BCUT2D eigenvalue weighted by atomic mass is 16.5. The van der Waals surface area contributed by atoms with Crippen LogP contribution in [0.1, 0.15) is 19.3 Å². The second-order valence-electron chi connectivity index (χ2n) is 9.47. The van der Waals surface area contributed by atoms with Crippen LogP contribution in [0.2, 0.25) is 0 Å². The average molecular weight is 488 g/mol. The molecular weight excluding hydrogens is 450 g/mol. The van der Waals surface area contributed by atoms with Gasteiger partial charge in [-0.15, -0.1) is 0 Å². The molecule has 1 aromatic rings. The summed E-state index contributed by atoms with van der Waals surface area (Å²) in [6, 6.07) is 7.48. The first kappa shape index (κ1) is 25.2. The summed E-state index contributed by atoms with van der Waals surface area (Å²) >= 11 is 0. The summed E-state index contributed by atoms with van der Waals surface area (Å²) in [5.74, 6) is 0.294. The van der Waals surface area contributed by atoms with Crippen molar-refractivity contribution in [3.8, 4) is 5.75 Å². The van der Waals surface area contributed by atoms with Gasteiger partial charge in [0.15, 0.2) is 0 Å². The molecule has 2 saturated heterocycles. The van der Waals surface area contributed by atoms with Gasteiger partial charge in [-0.3, -0.25) is 19.4 Å². The van der Waals surface area contributed by atoms with Gasteiger partial charge in [0.2, 0.25) is 11.8 Å². The lowest BCUT2D eigenvalue weighted by molar-refractivity contribution is -0.139. The molecule has 2 heterocycles. The molecule has 3 unspecified atom stereocenters. The van der Waals surface area contributed by atoms with E-state index in [9.17, 15) is 14.4 Å². The summed E-state index contributed by atoms with van der Waals surface area (Å²) in [6.07, 6.45) is 1.78. The Kier molecular flexibility index (Phi) is 8.46. The van der Waals surface area contributed by atoms with E-state index in [1.54, 1.807) is 14.2 Å². The molecular formula is C25H37N5O5. The molecule has 4 amide bonds. The van der Waals surface area contributed by atoms with Gasteiger partial charge in [0.25, 0.3) is 0 Å². The first-order valence-electron chi connectivity index (χ1n) is 12.5. The first-order valence-corrected chi connectivity index (χ1v) is 12.5. The number of methoxy groups -OCH3 is 2. The zero-order valence-corrected chi connectivity index (χ0v) is 20.7. The third-order valence-corrected chi connectivity index (χ3v) is 7.41. The molecule has 2 aliphatic heterocycles. The molecule has 4 rings (SSSR count). The van der Waals surface area contributed by atoms with E-state index >= 15 is 0 Å². The number of urea groups is 1. The fraction of sp³-hybridized carbons (Fsp3) is 0.640. The summed E-state index contributed by atoms with van der Waals surface area (Å²) < 4.78 is 10.2. The van der Waals surface area contributed by atoms with Gasteiger partial charge in [-0.25, -0.2) is 4.79 Å². The van der Waals surface area contributed by atoms with Gasteiger partial charge in [-0.2, -0.15) is 0 Å². The van der Waals surface area contributed by atoms with E-state index in [1.807, 2.05) is 12.1 Å². The molecule has 3 atom stereocenters. The molecule has 3 aliphatic rings. The van der Waals surface area contributed by atoms with Crippen molar-refractivity contribution in [1.29, 1.82) is 0 Å². The number of anilines is 1. The summed E-state index contributed by atoms with van der Waals surface area (Å²) in [5.41, 5.74) is 1.20. The van der Waals surface area contributed by atoms with Crippen molar-refractivity contribution in [1.82, 2.24) is 20.4 Å². The quantitative estimate of drug-likeness (QED) is 0.534. The third kappa shape index (κ3) is 6.05. The van der Waals surface area contributed by atoms with Crippen molar-refractivity contribution >= 4 is 23.5 Å². The predicted octanol–water partition coefficient (Wildman–Crippen LogP) is 0.917. The third-order valence-electron chi connectivity index (χ3n) is 7.41. The number of carbonyl (C=O) groups is 3. The number of nitrogens with one attached hydrogen (secondary N) is 2. The number of carbonyl (C=O) groups excluding carboxylic acids is 3. The number of hydrogen-bond acceptors (Lipinski definition) is 7. The minimum Gasteiger partial charge on any atom is -0.497 e. The van der Waals surface area contributed by atoms with Gasteiger partial charge < -0.3 is 25.0 Å². The average Bonchev–Trinajstić information content (AvgIpc) is 2.88. The summed E-state index contributed by atoms with van der Waals surface area (Å²) in [5, 5.41) is 6.01. The molecule has 2 N–H and O–H groups in total. The smallest absolute Gasteiger partial charge is 0.324 e. The minimum atomic E-state index is -0.386. The van der Waals surface area contributed by atoms with Crippen LogP contribution in [0.4, 0.5) is 10.5 Å². The van der Waals surface area contributed by atoms with Crippen LogP contribution in [0, 0.1) is 11.8 Å². The van der Waals surface area contributed by atoms with E-state index in [-0.39, 0.29) is 42.3 Å². The lowest BCUT2D eigenvalue weighted by atomic mass is 9.76. The molecule has 1 aliphatic carbocycles. The van der Waals surface area contributed by atoms with Crippen LogP contribution >= 0.6 is 0 Å². The number of fused-ring (bicyclic) bond motifs is 1. The number of rotatable bonds is 9. The van der Waals surface area contributed by atoms with Gasteiger partial charge in [-0.1, -0.05) is 0 Å². The lowest BCUT2D eigenvalue weighted by Crippen LogP contribution is -2.62. The summed E-state index contributed by atoms with van der Waals surface area (Å²) in [4.78, 5) is 43.9. The van der Waals surface area contributed by atoms with Crippen LogP contribution in [0.15, 0.2) is 24.3 Å². The summed E-state index contributed by atoms with van der Waals surface area (Å²) in [7, 11) is 3.21. The van der Waals surface area contributed by atoms with E-state index in [0.29, 0.717) is 32.4 Å². The van der Waals surface area contributed by atoms with Crippen molar-refractivity contribution in [2.24, 2.45) is 11.8 Å². The van der Waals surface area contributed by atoms with E-state index in [0.717, 1.165) is 38.5 Å². The zero-order chi connectivity index (χ0) is 24.8. The highest BCUT2D eigenvalue weighted by Crippen LogP contribution is 2.33. The van der Waals surface area contributed by atoms with Crippen LogP contribution in [-0.2, 0) is 14.3 Å². The van der Waals surface area contributed by atoms with Crippen molar-refractivity contribution in [3.63, 3.8) is 0 Å². The Balaban J connectivity index is 1.17. The normalized spacial score (nSPS) is 25.1. The topological polar surface area (TPSA) is 103 Å². The molecule has 3 fully saturated rings. The number of hydrogen-bond donors (Lipinski definition) is 2. The fourth-order valence-corrected chi connectivity index (χ4v) is 5.30. The number of nitrogens with zero attached hydrogens (tertiary/aromatic N) is 3. The van der Waals surface area contributed by atoms with Crippen molar-refractivity contribution in [3.05, 3.63) is 24.3 Å². The van der Waals surface area contributed by atoms with E-state index in [2.05, 4.69) is 32.6 Å². The number of ether oxygens (including phenoxy) is 2. The van der Waals surface area contributed by atoms with Gasteiger partial charge in [0, 0.05) is 64.0 Å². The molecule has 10 nitrogen and oxygen atoms in total. The maximum atomic E-state index is 12.8. The maximum absolute atomic E-state index is 12.8. The second kappa shape index (κ2) is 11.7. The van der Waals surface area contributed by atoms with Gasteiger partial charge in [0.05, 0.1) is 26.2 Å². The fourth-order valence-electron chi connectivity index (χ4n) is 5.30. The van der Waals surface area contributed by atoms with E-state index in [4.69, 9.17) is 9.47 Å². The number of amides is 4. The maximum Gasteiger partial charge on any atom is 0.324 e. The molecule has 10 heteroatoms. The molecule has 0 spiro atoms. The molecule has 1 aromatic carbocycles. The molecule has 35 heavy (non-hydrogen) atoms. The van der Waals surface area contributed by atoms with Crippen LogP contribution < -0.4 is 20.3 Å². The Morgan fingerprint density at radius 3 is 2.49 bits per heavy atom. The van der Waals surface area contributed by atoms with E-state index < -0.39 is 0 Å². The minimum absolute atomic E-state index is 0.0174. The largest absolute Gasteiger partial charge is 0.497 e. The Hall–Kier alpha value is -2.85. The number of piperazine rings is 1. The van der Waals surface area contributed by atoms with Crippen LogP contribution in [-0.4, -0.2) is 100 Å². The highest BCUT2D eigenvalue weighted by Gasteiger charge is 2.45. The Morgan fingerprint density at radius 1 is 1.06 bits per heavy atom. The second-order valence-corrected chi connectivity index (χ2v) is 9.47. The van der Waals surface area contributed by atoms with Crippen LogP contribution in [0.25, 0.3) is 0 Å². The number of imide groups is 1. The monoisotopic (exact) mass is 487 g/mol. The zero-order valence-electron chi connectivity index (χ0n) is 20.7. The van der Waals surface area contributed by atoms with Crippen LogP contribution in [0.5, 0.6) is 5.75 Å². The number of benzene rings is 1. The van der Waals surface area contributed by atoms with Gasteiger partial charge in [0.1, 0.15) is 5.75 Å². The van der Waals surface area contributed by atoms with Crippen LogP contribution in [0.3, 0.4) is 0 Å². The van der Waals surface area contributed by atoms with Crippen molar-refractivity contribution in [2.45, 2.75) is 25.3 Å². The molecule has 1 saturated carbocycles. The Labute approximate surface area is 206 Å². The predicted molar refractivity (Wildman–Crippen MR) is 131 cm³/mol. The molecule has 0 radical (unpaired) electrons. The first-order chi connectivity index (χ1) is 17.0. The summed E-state index contributed by atoms with van der Waals surface area (Å²) in [6.45, 7) is 5.77. The molecule has 0 aromatic heterocycles.